The largest absolute Gasteiger partial charge is 0.479 e. The minimum atomic E-state index is -3.16. The molecule has 6 rings (SSSR count). The van der Waals surface area contributed by atoms with Crippen LogP contribution in [0.1, 0.15) is 10.5 Å². The first-order chi connectivity index (χ1) is 19.0. The number of rotatable bonds is 7. The maximum absolute atomic E-state index is 15.4. The summed E-state index contributed by atoms with van der Waals surface area (Å²) >= 11 is 0. The number of benzene rings is 1. The molecular weight excluding hydrogens is 496 g/mol. The lowest BCUT2D eigenvalue weighted by Gasteiger charge is -2.44. The van der Waals surface area contributed by atoms with Gasteiger partial charge in [-0.25, -0.2) is 26.8 Å². The number of ether oxygens (including phenoxy) is 2. The Hall–Kier alpha value is -3.52. The first kappa shape index (κ1) is 20.5. The summed E-state index contributed by atoms with van der Waals surface area (Å²) in [4.78, 5) is 5.76. The third kappa shape index (κ3) is 4.13. The van der Waals surface area contributed by atoms with E-state index in [4.69, 9.17) is 13.6 Å². The predicted molar refractivity (Wildman–Crippen MR) is 125 cm³/mol. The van der Waals surface area contributed by atoms with Gasteiger partial charge in [-0.05, 0) is 24.1 Å². The number of nitrogens with one attached hydrogen (secondary N) is 1. The zero-order chi connectivity index (χ0) is 28.2. The summed E-state index contributed by atoms with van der Waals surface area (Å²) in [5.41, 5.74) is 0.915. The Kier molecular flexibility index (Phi) is 5.05. The molecule has 0 aliphatic carbocycles. The highest BCUT2D eigenvalue weighted by atomic mass is 19.3. The SMILES string of the molecule is [2H]C([2H])([2H])Oc1nc(NC2CCN(C3COC3)CC2(F)F)nn2cc(F)c(-c3ccc4nnn(CCF)c4c3)c12. The smallest absolute Gasteiger partial charge is 0.280 e. The molecular formula is C23H24F4N8O2. The minimum absolute atomic E-state index is 0.0504. The topological polar surface area (TPSA) is 94.6 Å². The maximum Gasteiger partial charge on any atom is 0.280 e. The maximum atomic E-state index is 15.4. The monoisotopic (exact) mass is 523 g/mol. The molecule has 2 fully saturated rings. The van der Waals surface area contributed by atoms with Crippen molar-refractivity contribution in [2.24, 2.45) is 0 Å². The number of methoxy groups -OCH3 is 1. The van der Waals surface area contributed by atoms with E-state index in [-0.39, 0.29) is 41.6 Å². The molecule has 1 aromatic carbocycles. The standard InChI is InChI=1S/C23H24F4N8O2/c1-36-21-20-19(13-2-3-16-17(8-13)34(7-5-24)32-30-16)15(25)9-35(20)31-22(29-21)28-18-4-6-33(12-23(18,26)27)14-10-37-11-14/h2-3,8-9,14,18H,4-7,10-12H2,1H3,(H,28,31)/i1D3. The number of likely N-dealkylation sites (tertiary alicyclic amines) is 1. The van der Waals surface area contributed by atoms with Gasteiger partial charge >= 0.3 is 0 Å². The lowest BCUT2D eigenvalue weighted by Crippen LogP contribution is -2.61. The Morgan fingerprint density at radius 1 is 1.32 bits per heavy atom. The van der Waals surface area contributed by atoms with Crippen LogP contribution in [0.4, 0.5) is 23.5 Å². The number of anilines is 1. The van der Waals surface area contributed by atoms with Gasteiger partial charge in [0.05, 0.1) is 66.8 Å². The van der Waals surface area contributed by atoms with Gasteiger partial charge in [0, 0.05) is 6.54 Å². The van der Waals surface area contributed by atoms with Crippen LogP contribution >= 0.6 is 0 Å². The molecule has 0 saturated carbocycles. The number of halogens is 4. The molecule has 0 bridgehead atoms. The van der Waals surface area contributed by atoms with Crippen LogP contribution in [0.5, 0.6) is 5.88 Å². The first-order valence-corrected chi connectivity index (χ1v) is 11.7. The van der Waals surface area contributed by atoms with E-state index in [1.165, 1.54) is 16.8 Å². The Balaban J connectivity index is 1.39. The fourth-order valence-corrected chi connectivity index (χ4v) is 4.84. The van der Waals surface area contributed by atoms with Crippen molar-refractivity contribution in [2.75, 3.05) is 45.3 Å². The Bertz CT molecular complexity index is 1560. The highest BCUT2D eigenvalue weighted by molar-refractivity contribution is 5.89. The van der Waals surface area contributed by atoms with E-state index in [2.05, 4.69) is 25.7 Å². The second-order valence-corrected chi connectivity index (χ2v) is 9.10. The molecule has 0 amide bonds. The van der Waals surface area contributed by atoms with Crippen LogP contribution in [0.2, 0.25) is 0 Å². The van der Waals surface area contributed by atoms with Gasteiger partial charge in [0.15, 0.2) is 5.82 Å². The molecule has 2 aliphatic rings. The summed E-state index contributed by atoms with van der Waals surface area (Å²) in [5, 5.41) is 14.6. The second kappa shape index (κ2) is 9.10. The predicted octanol–water partition coefficient (Wildman–Crippen LogP) is 2.78. The highest BCUT2D eigenvalue weighted by Crippen LogP contribution is 2.36. The van der Waals surface area contributed by atoms with Crippen LogP contribution < -0.4 is 10.1 Å². The fraction of sp³-hybridized carbons (Fsp3) is 0.478. The Labute approximate surface area is 212 Å². The molecule has 2 aliphatic heterocycles. The van der Waals surface area contributed by atoms with Crippen molar-refractivity contribution < 1.29 is 31.1 Å². The van der Waals surface area contributed by atoms with Crippen LogP contribution in [-0.2, 0) is 11.3 Å². The van der Waals surface area contributed by atoms with Crippen LogP contribution in [0, 0.1) is 5.82 Å². The molecule has 0 spiro atoms. The highest BCUT2D eigenvalue weighted by Gasteiger charge is 2.47. The molecule has 10 nitrogen and oxygen atoms in total. The van der Waals surface area contributed by atoms with Crippen molar-refractivity contribution in [2.45, 2.75) is 31.0 Å². The molecule has 5 heterocycles. The molecule has 1 atom stereocenters. The van der Waals surface area contributed by atoms with Crippen molar-refractivity contribution in [3.05, 3.63) is 30.2 Å². The van der Waals surface area contributed by atoms with E-state index < -0.39 is 43.9 Å². The molecule has 196 valence electrons. The second-order valence-electron chi connectivity index (χ2n) is 9.10. The van der Waals surface area contributed by atoms with Gasteiger partial charge in [0.2, 0.25) is 11.8 Å². The number of piperidine rings is 1. The average molecular weight is 524 g/mol. The quantitative estimate of drug-likeness (QED) is 0.370. The summed E-state index contributed by atoms with van der Waals surface area (Å²) in [5.74, 6) is -4.83. The summed E-state index contributed by atoms with van der Waals surface area (Å²) in [7, 11) is -2.99. The molecule has 0 radical (unpaired) electrons. The summed E-state index contributed by atoms with van der Waals surface area (Å²) in [6.07, 6.45) is 1.04. The molecule has 3 aromatic heterocycles. The lowest BCUT2D eigenvalue weighted by molar-refractivity contribution is -0.131. The van der Waals surface area contributed by atoms with Crippen LogP contribution in [-0.4, -0.2) is 92.5 Å². The number of aromatic nitrogens is 6. The van der Waals surface area contributed by atoms with E-state index in [0.29, 0.717) is 30.8 Å². The minimum Gasteiger partial charge on any atom is -0.479 e. The van der Waals surface area contributed by atoms with Crippen molar-refractivity contribution in [1.29, 1.82) is 0 Å². The Morgan fingerprint density at radius 2 is 2.19 bits per heavy atom. The number of fused-ring (bicyclic) bond motifs is 2. The lowest BCUT2D eigenvalue weighted by atomic mass is 9.98. The average Bonchev–Trinajstić information content (AvgIpc) is 3.38. The van der Waals surface area contributed by atoms with E-state index >= 15 is 13.2 Å². The van der Waals surface area contributed by atoms with Crippen molar-refractivity contribution >= 4 is 22.5 Å². The summed E-state index contributed by atoms with van der Waals surface area (Å²) in [6.45, 7) is -0.0409. The van der Waals surface area contributed by atoms with Crippen molar-refractivity contribution in [1.82, 2.24) is 34.5 Å². The van der Waals surface area contributed by atoms with Crippen molar-refractivity contribution in [3.8, 4) is 17.0 Å². The number of hydrogen-bond donors (Lipinski definition) is 1. The molecule has 4 aromatic rings. The molecule has 37 heavy (non-hydrogen) atoms. The van der Waals surface area contributed by atoms with E-state index in [1.54, 1.807) is 11.0 Å². The van der Waals surface area contributed by atoms with Gasteiger partial charge in [-0.2, -0.15) is 4.98 Å². The van der Waals surface area contributed by atoms with E-state index in [1.807, 2.05) is 0 Å². The van der Waals surface area contributed by atoms with Gasteiger partial charge in [0.1, 0.15) is 17.7 Å². The number of hydrogen-bond acceptors (Lipinski definition) is 8. The zero-order valence-corrected chi connectivity index (χ0v) is 19.4. The van der Waals surface area contributed by atoms with E-state index in [9.17, 15) is 4.39 Å². The van der Waals surface area contributed by atoms with Gasteiger partial charge in [-0.15, -0.1) is 10.2 Å². The number of aryl methyl sites for hydroxylation is 1. The summed E-state index contributed by atoms with van der Waals surface area (Å²) < 4.78 is 93.8. The number of alkyl halides is 3. The van der Waals surface area contributed by atoms with Gasteiger partial charge in [-0.3, -0.25) is 4.90 Å². The zero-order valence-electron chi connectivity index (χ0n) is 22.4. The van der Waals surface area contributed by atoms with Crippen LogP contribution in [0.25, 0.3) is 27.7 Å². The fourth-order valence-electron chi connectivity index (χ4n) is 4.84. The summed E-state index contributed by atoms with van der Waals surface area (Å²) in [6, 6.07) is 3.21. The van der Waals surface area contributed by atoms with Crippen LogP contribution in [0.15, 0.2) is 24.4 Å². The Morgan fingerprint density at radius 3 is 2.92 bits per heavy atom. The normalized spacial score (nSPS) is 21.9. The third-order valence-electron chi connectivity index (χ3n) is 6.82. The van der Waals surface area contributed by atoms with Crippen LogP contribution in [0.3, 0.4) is 0 Å². The van der Waals surface area contributed by atoms with Crippen molar-refractivity contribution in [3.63, 3.8) is 0 Å². The van der Waals surface area contributed by atoms with Gasteiger partial charge in [0.25, 0.3) is 5.92 Å². The molecule has 1 N–H and O–H groups in total. The molecule has 1 unspecified atom stereocenters. The molecule has 14 heteroatoms. The third-order valence-corrected chi connectivity index (χ3v) is 6.82. The molecule has 2 saturated heterocycles. The van der Waals surface area contributed by atoms with Gasteiger partial charge < -0.3 is 14.8 Å². The first-order valence-electron chi connectivity index (χ1n) is 13.2. The van der Waals surface area contributed by atoms with E-state index in [0.717, 1.165) is 10.7 Å². The number of nitrogens with zero attached hydrogens (tertiary/aromatic N) is 7. The van der Waals surface area contributed by atoms with Gasteiger partial charge in [-0.1, -0.05) is 11.3 Å².